The van der Waals surface area contributed by atoms with E-state index in [9.17, 15) is 4.79 Å². The Morgan fingerprint density at radius 2 is 2.00 bits per heavy atom. The van der Waals surface area contributed by atoms with E-state index in [1.165, 1.54) is 11.8 Å². The molecule has 7 nitrogen and oxygen atoms in total. The molecule has 0 spiro atoms. The minimum atomic E-state index is 0.0102. The molecule has 3 aromatic rings. The molecule has 0 radical (unpaired) electrons. The zero-order chi connectivity index (χ0) is 21.5. The molecule has 31 heavy (non-hydrogen) atoms. The van der Waals surface area contributed by atoms with Crippen LogP contribution in [0.1, 0.15) is 59.0 Å². The summed E-state index contributed by atoms with van der Waals surface area (Å²) in [6.45, 7) is 5.64. The van der Waals surface area contributed by atoms with Gasteiger partial charge in [0.1, 0.15) is 17.7 Å². The van der Waals surface area contributed by atoms with E-state index in [0.717, 1.165) is 57.7 Å². The van der Waals surface area contributed by atoms with Crippen LogP contribution in [-0.4, -0.2) is 45.2 Å². The molecule has 1 aliphatic rings. The first kappa shape index (κ1) is 21.3. The molecule has 3 heterocycles. The summed E-state index contributed by atoms with van der Waals surface area (Å²) in [5.74, 6) is 1.53. The van der Waals surface area contributed by atoms with E-state index in [1.54, 1.807) is 6.92 Å². The summed E-state index contributed by atoms with van der Waals surface area (Å²) in [5, 5.41) is 3.82. The molecule has 1 saturated heterocycles. The maximum atomic E-state index is 12.7. The van der Waals surface area contributed by atoms with Gasteiger partial charge in [-0.3, -0.25) is 4.79 Å². The highest BCUT2D eigenvalue weighted by Crippen LogP contribution is 2.28. The van der Waals surface area contributed by atoms with Gasteiger partial charge < -0.3 is 18.7 Å². The average molecular weight is 423 g/mol. The van der Waals surface area contributed by atoms with Gasteiger partial charge >= 0.3 is 0 Å². The summed E-state index contributed by atoms with van der Waals surface area (Å²) in [6, 6.07) is 10.3. The van der Waals surface area contributed by atoms with Crippen LogP contribution in [0.5, 0.6) is 0 Å². The lowest BCUT2D eigenvalue weighted by Crippen LogP contribution is -2.38. The summed E-state index contributed by atoms with van der Waals surface area (Å²) in [7, 11) is 0. The Bertz CT molecular complexity index is 958. The van der Waals surface area contributed by atoms with Crippen LogP contribution >= 0.6 is 0 Å². The number of carbonyl (C=O) groups is 1. The van der Waals surface area contributed by atoms with Crippen molar-refractivity contribution in [2.75, 3.05) is 19.7 Å². The van der Waals surface area contributed by atoms with Gasteiger partial charge in [-0.15, -0.1) is 0 Å². The Labute approximate surface area is 183 Å². The molecule has 4 rings (SSSR count). The van der Waals surface area contributed by atoms with Crippen molar-refractivity contribution in [3.63, 3.8) is 0 Å². The molecular formula is C24H30N4O3. The molecule has 1 aromatic carbocycles. The van der Waals surface area contributed by atoms with E-state index in [4.69, 9.17) is 9.26 Å². The third-order valence-corrected chi connectivity index (χ3v) is 5.92. The number of piperidine rings is 1. The van der Waals surface area contributed by atoms with Gasteiger partial charge in [0.2, 0.25) is 0 Å². The van der Waals surface area contributed by atoms with Gasteiger partial charge in [-0.25, -0.2) is 4.98 Å². The van der Waals surface area contributed by atoms with Crippen LogP contribution < -0.4 is 0 Å². The Balaban J connectivity index is 1.20. The molecule has 0 bridgehead atoms. The van der Waals surface area contributed by atoms with Gasteiger partial charge in [0.05, 0.1) is 12.3 Å². The number of hydrogen-bond acceptors (Lipinski definition) is 5. The van der Waals surface area contributed by atoms with Crippen molar-refractivity contribution in [3.05, 3.63) is 71.6 Å². The largest absolute Gasteiger partial charge is 0.377 e. The first-order valence-electron chi connectivity index (χ1n) is 11.1. The van der Waals surface area contributed by atoms with E-state index in [1.807, 2.05) is 29.3 Å². The second-order valence-electron chi connectivity index (χ2n) is 8.10. The number of aryl methyl sites for hydroxylation is 2. The molecule has 0 unspecified atom stereocenters. The van der Waals surface area contributed by atoms with Crippen LogP contribution in [0.4, 0.5) is 0 Å². The SMILES string of the molecule is Cc1nocc1C(=O)N1CCC(c2nccn2CCCCOCc2ccccc2)CC1. The first-order valence-corrected chi connectivity index (χ1v) is 11.1. The minimum Gasteiger partial charge on any atom is -0.377 e. The molecule has 0 saturated carbocycles. The number of hydrogen-bond donors (Lipinski definition) is 0. The zero-order valence-corrected chi connectivity index (χ0v) is 18.1. The number of likely N-dealkylation sites (tertiary alicyclic amines) is 1. The lowest BCUT2D eigenvalue weighted by molar-refractivity contribution is 0.0709. The highest BCUT2D eigenvalue weighted by molar-refractivity contribution is 5.94. The quantitative estimate of drug-likeness (QED) is 0.483. The zero-order valence-electron chi connectivity index (χ0n) is 18.1. The first-order chi connectivity index (χ1) is 15.2. The van der Waals surface area contributed by atoms with Crippen molar-refractivity contribution in [1.29, 1.82) is 0 Å². The second kappa shape index (κ2) is 10.4. The number of nitrogens with zero attached hydrogens (tertiary/aromatic N) is 4. The topological polar surface area (TPSA) is 73.4 Å². The molecule has 1 amide bonds. The van der Waals surface area contributed by atoms with E-state index >= 15 is 0 Å². The molecule has 2 aromatic heterocycles. The average Bonchev–Trinajstić information content (AvgIpc) is 3.45. The number of imidazole rings is 1. The molecule has 164 valence electrons. The fourth-order valence-electron chi connectivity index (χ4n) is 4.13. The molecular weight excluding hydrogens is 392 g/mol. The van der Waals surface area contributed by atoms with Gasteiger partial charge in [0.25, 0.3) is 5.91 Å². The summed E-state index contributed by atoms with van der Waals surface area (Å²) in [6.07, 6.45) is 9.33. The third kappa shape index (κ3) is 5.41. The van der Waals surface area contributed by atoms with Gasteiger partial charge in [0.15, 0.2) is 0 Å². The monoisotopic (exact) mass is 422 g/mol. The fraction of sp³-hybridized carbons (Fsp3) is 0.458. The van der Waals surface area contributed by atoms with Crippen molar-refractivity contribution in [2.45, 2.75) is 51.7 Å². The molecule has 1 aliphatic heterocycles. The Morgan fingerprint density at radius 1 is 1.19 bits per heavy atom. The van der Waals surface area contributed by atoms with E-state index in [-0.39, 0.29) is 5.91 Å². The van der Waals surface area contributed by atoms with Crippen LogP contribution in [0, 0.1) is 6.92 Å². The number of amides is 1. The molecule has 0 N–H and O–H groups in total. The predicted molar refractivity (Wildman–Crippen MR) is 117 cm³/mol. The summed E-state index contributed by atoms with van der Waals surface area (Å²) in [4.78, 5) is 19.2. The maximum Gasteiger partial charge on any atom is 0.259 e. The highest BCUT2D eigenvalue weighted by atomic mass is 16.5. The normalized spacial score (nSPS) is 14.8. The number of unbranched alkanes of at least 4 members (excludes halogenated alkanes) is 1. The van der Waals surface area contributed by atoms with Crippen LogP contribution in [-0.2, 0) is 17.9 Å². The molecule has 0 atom stereocenters. The standard InChI is InChI=1S/C24H30N4O3/c1-19-22(18-31-26-19)24(29)28-13-9-21(10-14-28)23-25-11-15-27(23)12-5-6-16-30-17-20-7-3-2-4-8-20/h2-4,7-8,11,15,18,21H,5-6,9-10,12-14,16-17H2,1H3. The summed E-state index contributed by atoms with van der Waals surface area (Å²) >= 11 is 0. The van der Waals surface area contributed by atoms with Gasteiger partial charge in [-0.05, 0) is 38.2 Å². The summed E-state index contributed by atoms with van der Waals surface area (Å²) in [5.41, 5.74) is 2.42. The van der Waals surface area contributed by atoms with Crippen molar-refractivity contribution in [2.24, 2.45) is 0 Å². The van der Waals surface area contributed by atoms with Crippen molar-refractivity contribution >= 4 is 5.91 Å². The number of aromatic nitrogens is 3. The lowest BCUT2D eigenvalue weighted by Gasteiger charge is -2.31. The van der Waals surface area contributed by atoms with Gasteiger partial charge in [-0.1, -0.05) is 35.5 Å². The Morgan fingerprint density at radius 3 is 2.74 bits per heavy atom. The van der Waals surface area contributed by atoms with Crippen LogP contribution in [0.2, 0.25) is 0 Å². The lowest BCUT2D eigenvalue weighted by atomic mass is 9.95. The second-order valence-corrected chi connectivity index (χ2v) is 8.10. The van der Waals surface area contributed by atoms with Crippen LogP contribution in [0.3, 0.4) is 0 Å². The maximum absolute atomic E-state index is 12.7. The van der Waals surface area contributed by atoms with Gasteiger partial charge in [0, 0.05) is 44.6 Å². The number of carbonyl (C=O) groups excluding carboxylic acids is 1. The number of ether oxygens (including phenoxy) is 1. The summed E-state index contributed by atoms with van der Waals surface area (Å²) < 4.78 is 13.0. The smallest absolute Gasteiger partial charge is 0.259 e. The molecule has 7 heteroatoms. The van der Waals surface area contributed by atoms with E-state index in [2.05, 4.69) is 33.0 Å². The number of benzene rings is 1. The van der Waals surface area contributed by atoms with E-state index in [0.29, 0.717) is 23.8 Å². The van der Waals surface area contributed by atoms with Gasteiger partial charge in [-0.2, -0.15) is 0 Å². The molecule has 0 aliphatic carbocycles. The fourth-order valence-corrected chi connectivity index (χ4v) is 4.13. The predicted octanol–water partition coefficient (Wildman–Crippen LogP) is 4.20. The van der Waals surface area contributed by atoms with Crippen molar-refractivity contribution in [3.8, 4) is 0 Å². The third-order valence-electron chi connectivity index (χ3n) is 5.92. The highest BCUT2D eigenvalue weighted by Gasteiger charge is 2.28. The number of rotatable bonds is 9. The van der Waals surface area contributed by atoms with E-state index < -0.39 is 0 Å². The minimum absolute atomic E-state index is 0.0102. The van der Waals surface area contributed by atoms with Crippen molar-refractivity contribution < 1.29 is 14.1 Å². The molecule has 1 fully saturated rings. The van der Waals surface area contributed by atoms with Crippen LogP contribution in [0.15, 0.2) is 53.5 Å². The Kier molecular flexibility index (Phi) is 7.14. The van der Waals surface area contributed by atoms with Crippen LogP contribution in [0.25, 0.3) is 0 Å². The van der Waals surface area contributed by atoms with Crippen molar-refractivity contribution in [1.82, 2.24) is 19.6 Å². The Hall–Kier alpha value is -2.93.